The maximum atomic E-state index is 13.6. The molecule has 2 amide bonds. The molecule has 4 aliphatic rings. The molecule has 0 N–H and O–H groups in total. The Morgan fingerprint density at radius 1 is 0.879 bits per heavy atom. The summed E-state index contributed by atoms with van der Waals surface area (Å²) < 4.78 is 5.65. The number of benzene rings is 3. The van der Waals surface area contributed by atoms with Crippen molar-refractivity contribution in [2.75, 3.05) is 6.61 Å². The van der Waals surface area contributed by atoms with E-state index in [1.165, 1.54) is 6.21 Å². The number of hydrogen-bond donors (Lipinski definition) is 0. The summed E-state index contributed by atoms with van der Waals surface area (Å²) in [6.07, 6.45) is 1.49. The average molecular weight is 457 g/mol. The fraction of sp³-hybridized carbons (Fsp3) is 0.222. The van der Waals surface area contributed by atoms with Gasteiger partial charge in [0.2, 0.25) is 0 Å². The number of imide groups is 1. The number of amides is 2. The van der Waals surface area contributed by atoms with Gasteiger partial charge in [-0.2, -0.15) is 10.1 Å². The van der Waals surface area contributed by atoms with Crippen LogP contribution in [0.4, 0.5) is 0 Å². The second-order valence-electron chi connectivity index (χ2n) is 8.61. The Morgan fingerprint density at radius 2 is 1.39 bits per heavy atom. The van der Waals surface area contributed by atoms with Crippen molar-refractivity contribution in [2.45, 2.75) is 18.8 Å². The zero-order valence-electron chi connectivity index (χ0n) is 17.9. The number of halogens is 1. The van der Waals surface area contributed by atoms with Crippen molar-refractivity contribution in [1.82, 2.24) is 5.01 Å². The van der Waals surface area contributed by atoms with E-state index in [0.717, 1.165) is 27.3 Å². The predicted molar refractivity (Wildman–Crippen MR) is 126 cm³/mol. The van der Waals surface area contributed by atoms with Crippen LogP contribution in [0.2, 0.25) is 5.02 Å². The number of hydrogen-bond acceptors (Lipinski definition) is 4. The normalized spacial score (nSPS) is 24.7. The largest absolute Gasteiger partial charge is 0.493 e. The lowest BCUT2D eigenvalue weighted by Gasteiger charge is -2.45. The smallest absolute Gasteiger partial charge is 0.254 e. The number of hydrazone groups is 1. The van der Waals surface area contributed by atoms with Gasteiger partial charge in [-0.05, 0) is 47.4 Å². The van der Waals surface area contributed by atoms with Crippen LogP contribution < -0.4 is 4.74 Å². The van der Waals surface area contributed by atoms with Gasteiger partial charge in [0.25, 0.3) is 11.8 Å². The molecule has 3 aromatic carbocycles. The average Bonchev–Trinajstić information content (AvgIpc) is 3.09. The highest BCUT2D eigenvalue weighted by Crippen LogP contribution is 2.60. The topological polar surface area (TPSA) is 59.0 Å². The van der Waals surface area contributed by atoms with E-state index in [2.05, 4.69) is 29.4 Å². The third-order valence-electron chi connectivity index (χ3n) is 7.01. The lowest BCUT2D eigenvalue weighted by molar-refractivity contribution is -0.139. The molecule has 2 atom stereocenters. The molecule has 164 valence electrons. The summed E-state index contributed by atoms with van der Waals surface area (Å²) in [6.45, 7) is 2.37. The van der Waals surface area contributed by atoms with E-state index >= 15 is 0 Å². The van der Waals surface area contributed by atoms with Crippen molar-refractivity contribution in [3.8, 4) is 5.75 Å². The van der Waals surface area contributed by atoms with Crippen LogP contribution in [0.5, 0.6) is 5.75 Å². The Morgan fingerprint density at radius 3 is 1.88 bits per heavy atom. The van der Waals surface area contributed by atoms with Crippen LogP contribution in [0.3, 0.4) is 0 Å². The molecule has 6 heteroatoms. The summed E-state index contributed by atoms with van der Waals surface area (Å²) in [6, 6.07) is 21.6. The molecule has 1 fully saturated rings. The first kappa shape index (κ1) is 20.2. The fourth-order valence-electron chi connectivity index (χ4n) is 5.80. The minimum absolute atomic E-state index is 0.144. The van der Waals surface area contributed by atoms with Crippen LogP contribution in [-0.2, 0) is 9.59 Å². The molecular weight excluding hydrogens is 436 g/mol. The third kappa shape index (κ3) is 2.89. The Kier molecular flexibility index (Phi) is 4.63. The Labute approximate surface area is 196 Å². The van der Waals surface area contributed by atoms with Gasteiger partial charge in [-0.15, -0.1) is 0 Å². The quantitative estimate of drug-likeness (QED) is 0.411. The first-order valence-corrected chi connectivity index (χ1v) is 11.5. The van der Waals surface area contributed by atoms with E-state index in [1.54, 1.807) is 18.2 Å². The molecule has 0 radical (unpaired) electrons. The number of ether oxygens (including phenoxy) is 1. The van der Waals surface area contributed by atoms with E-state index in [-0.39, 0.29) is 23.7 Å². The molecule has 33 heavy (non-hydrogen) atoms. The molecule has 1 heterocycles. The van der Waals surface area contributed by atoms with E-state index in [1.807, 2.05) is 31.2 Å². The molecule has 3 aromatic rings. The molecule has 3 aliphatic carbocycles. The molecule has 0 unspecified atom stereocenters. The number of carbonyl (C=O) groups excluding carboxylic acids is 2. The molecule has 0 aromatic heterocycles. The highest BCUT2D eigenvalue weighted by molar-refractivity contribution is 6.31. The summed E-state index contributed by atoms with van der Waals surface area (Å²) in [4.78, 5) is 27.2. The fourth-order valence-corrected chi connectivity index (χ4v) is 5.98. The van der Waals surface area contributed by atoms with Crippen molar-refractivity contribution in [1.29, 1.82) is 0 Å². The Bertz CT molecular complexity index is 1220. The van der Waals surface area contributed by atoms with Crippen LogP contribution in [0.15, 0.2) is 71.8 Å². The van der Waals surface area contributed by atoms with Crippen molar-refractivity contribution < 1.29 is 14.3 Å². The Hall–Kier alpha value is -3.44. The molecule has 5 nitrogen and oxygen atoms in total. The SMILES string of the molecule is CCOc1ccc(Cl)cc1/C=N\N1C(=O)[C@@H]2C3c4ccccc4C(c4ccccc43)[C@@H]2C1=O. The summed E-state index contributed by atoms with van der Waals surface area (Å²) in [7, 11) is 0. The van der Waals surface area contributed by atoms with Gasteiger partial charge in [-0.3, -0.25) is 9.59 Å². The maximum absolute atomic E-state index is 13.6. The predicted octanol–water partition coefficient (Wildman–Crippen LogP) is 4.96. The Balaban J connectivity index is 1.42. The van der Waals surface area contributed by atoms with Crippen molar-refractivity contribution >= 4 is 29.6 Å². The minimum atomic E-state index is -0.449. The van der Waals surface area contributed by atoms with Crippen LogP contribution in [0, 0.1) is 11.8 Å². The molecule has 1 saturated heterocycles. The summed E-state index contributed by atoms with van der Waals surface area (Å²) >= 11 is 6.15. The molecule has 0 saturated carbocycles. The van der Waals surface area contributed by atoms with E-state index in [0.29, 0.717) is 22.9 Å². The van der Waals surface area contributed by atoms with Gasteiger partial charge < -0.3 is 4.74 Å². The van der Waals surface area contributed by atoms with Crippen LogP contribution in [0.1, 0.15) is 46.6 Å². The molecule has 0 spiro atoms. The van der Waals surface area contributed by atoms with Gasteiger partial charge in [0.05, 0.1) is 24.7 Å². The monoisotopic (exact) mass is 456 g/mol. The van der Waals surface area contributed by atoms with E-state index < -0.39 is 11.8 Å². The standard InChI is InChI=1S/C27H21ClN2O3/c1-2-33-21-12-11-16(28)13-15(21)14-29-30-26(31)24-22-17-7-3-4-8-18(17)23(25(24)27(30)32)20-10-6-5-9-19(20)22/h3-14,22-25H,2H2,1H3/b29-14-/t22?,23?,24-,25+. The third-order valence-corrected chi connectivity index (χ3v) is 7.24. The van der Waals surface area contributed by atoms with Gasteiger partial charge in [-0.1, -0.05) is 60.1 Å². The van der Waals surface area contributed by atoms with Gasteiger partial charge >= 0.3 is 0 Å². The van der Waals surface area contributed by atoms with E-state index in [9.17, 15) is 9.59 Å². The van der Waals surface area contributed by atoms with Crippen LogP contribution in [0.25, 0.3) is 0 Å². The van der Waals surface area contributed by atoms with Crippen molar-refractivity contribution in [3.05, 3.63) is 99.6 Å². The lowest BCUT2D eigenvalue weighted by Crippen LogP contribution is -2.41. The van der Waals surface area contributed by atoms with Gasteiger partial charge in [-0.25, -0.2) is 0 Å². The lowest BCUT2D eigenvalue weighted by atomic mass is 9.55. The molecular formula is C27H21ClN2O3. The highest BCUT2D eigenvalue weighted by atomic mass is 35.5. The molecule has 1 aliphatic heterocycles. The zero-order valence-corrected chi connectivity index (χ0v) is 18.7. The first-order valence-electron chi connectivity index (χ1n) is 11.1. The molecule has 7 rings (SSSR count). The maximum Gasteiger partial charge on any atom is 0.254 e. The molecule has 2 bridgehead atoms. The second kappa shape index (κ2) is 7.56. The van der Waals surface area contributed by atoms with Gasteiger partial charge in [0.15, 0.2) is 0 Å². The van der Waals surface area contributed by atoms with Gasteiger partial charge in [0, 0.05) is 22.4 Å². The highest BCUT2D eigenvalue weighted by Gasteiger charge is 2.61. The van der Waals surface area contributed by atoms with Crippen molar-refractivity contribution in [3.63, 3.8) is 0 Å². The zero-order chi connectivity index (χ0) is 22.7. The summed E-state index contributed by atoms with van der Waals surface area (Å²) in [5.74, 6) is -1.09. The minimum Gasteiger partial charge on any atom is -0.493 e. The summed E-state index contributed by atoms with van der Waals surface area (Å²) in [5.41, 5.74) is 5.19. The second-order valence-corrected chi connectivity index (χ2v) is 9.05. The van der Waals surface area contributed by atoms with E-state index in [4.69, 9.17) is 16.3 Å². The van der Waals surface area contributed by atoms with Crippen LogP contribution >= 0.6 is 11.6 Å². The summed E-state index contributed by atoms with van der Waals surface area (Å²) in [5, 5.41) is 5.94. The number of rotatable bonds is 4. The number of carbonyl (C=O) groups is 2. The van der Waals surface area contributed by atoms with Crippen LogP contribution in [-0.4, -0.2) is 29.6 Å². The first-order chi connectivity index (χ1) is 16.1. The number of nitrogens with zero attached hydrogens (tertiary/aromatic N) is 2. The van der Waals surface area contributed by atoms with Gasteiger partial charge in [0.1, 0.15) is 5.75 Å². The van der Waals surface area contributed by atoms with Crippen molar-refractivity contribution in [2.24, 2.45) is 16.9 Å².